The first-order valence-corrected chi connectivity index (χ1v) is 13.5. The molecule has 1 aliphatic carbocycles. The molecule has 2 aliphatic rings. The lowest BCUT2D eigenvalue weighted by atomic mass is 9.80. The molecule has 37 heavy (non-hydrogen) atoms. The molecule has 1 heterocycles. The highest BCUT2D eigenvalue weighted by atomic mass is 16.2. The first kappa shape index (κ1) is 30.6. The molecule has 0 radical (unpaired) electrons. The number of carbonyl (C=O) groups is 5. The van der Waals surface area contributed by atoms with Crippen molar-refractivity contribution >= 4 is 29.5 Å². The summed E-state index contributed by atoms with van der Waals surface area (Å²) in [6, 6.07) is -3.17. The smallest absolute Gasteiger partial charge is 0.315 e. The second-order valence-corrected chi connectivity index (χ2v) is 13.1. The van der Waals surface area contributed by atoms with Crippen LogP contribution in [0, 0.1) is 23.2 Å². The molecule has 10 heteroatoms. The molecule has 2 fully saturated rings. The predicted molar refractivity (Wildman–Crippen MR) is 141 cm³/mol. The number of hydrogen-bond donors (Lipinski definition) is 4. The van der Waals surface area contributed by atoms with Crippen molar-refractivity contribution in [3.05, 3.63) is 0 Å². The van der Waals surface area contributed by atoms with Gasteiger partial charge in [0.25, 0.3) is 5.91 Å². The van der Waals surface area contributed by atoms with Crippen LogP contribution >= 0.6 is 0 Å². The maximum absolute atomic E-state index is 13.9. The molecule has 2 unspecified atom stereocenters. The van der Waals surface area contributed by atoms with Crippen LogP contribution < -0.4 is 21.7 Å². The number of nitrogens with two attached hydrogens (primary N) is 1. The van der Waals surface area contributed by atoms with Gasteiger partial charge in [-0.3, -0.25) is 19.2 Å². The summed E-state index contributed by atoms with van der Waals surface area (Å²) in [4.78, 5) is 66.0. The molecular weight excluding hydrogens is 474 g/mol. The number of primary amides is 1. The van der Waals surface area contributed by atoms with E-state index in [0.29, 0.717) is 19.4 Å². The summed E-state index contributed by atoms with van der Waals surface area (Å²) in [7, 11) is 0. The molecule has 0 aromatic carbocycles. The van der Waals surface area contributed by atoms with Gasteiger partial charge in [0, 0.05) is 12.1 Å². The Bertz CT molecular complexity index is 885. The molecule has 2 rings (SSSR count). The number of likely N-dealkylation sites (tertiary alicyclic amines) is 1. The molecule has 210 valence electrons. The fraction of sp³-hybridized carbons (Fsp3) is 0.815. The number of urea groups is 1. The molecule has 0 aromatic heterocycles. The highest BCUT2D eigenvalue weighted by Gasteiger charge is 2.48. The lowest BCUT2D eigenvalue weighted by Crippen LogP contribution is -2.62. The van der Waals surface area contributed by atoms with E-state index in [9.17, 15) is 24.0 Å². The van der Waals surface area contributed by atoms with Gasteiger partial charge in [-0.2, -0.15) is 0 Å². The highest BCUT2D eigenvalue weighted by Crippen LogP contribution is 2.34. The Morgan fingerprint density at radius 3 is 1.97 bits per heavy atom. The molecule has 0 aromatic rings. The zero-order valence-electron chi connectivity index (χ0n) is 23.8. The fourth-order valence-corrected chi connectivity index (χ4v) is 5.14. The quantitative estimate of drug-likeness (QED) is 0.343. The van der Waals surface area contributed by atoms with E-state index in [0.717, 1.165) is 19.3 Å². The standard InChI is InChI=1S/C27H47N5O5/c1-15(2)17-12-13-32(24(36)21(26(3,4)5)30-25(37)31-27(6,7)8)19(17)23(35)29-18(20(33)22(28)34)14-16-10-9-11-16/h15-19,21H,9-14H2,1-8H3,(H2,28,34)(H,29,35)(H2,30,31,37)/t17-,18?,19+,21?/m1/s1. The van der Waals surface area contributed by atoms with Crippen molar-refractivity contribution < 1.29 is 24.0 Å². The van der Waals surface area contributed by atoms with Gasteiger partial charge in [0.1, 0.15) is 12.1 Å². The first-order valence-electron chi connectivity index (χ1n) is 13.5. The average Bonchev–Trinajstić information content (AvgIpc) is 3.16. The summed E-state index contributed by atoms with van der Waals surface area (Å²) in [5.74, 6) is -2.49. The number of nitrogens with one attached hydrogen (secondary N) is 3. The number of rotatable bonds is 9. The minimum Gasteiger partial charge on any atom is -0.363 e. The Labute approximate surface area is 221 Å². The van der Waals surface area contributed by atoms with Crippen molar-refractivity contribution in [2.24, 2.45) is 28.9 Å². The third-order valence-corrected chi connectivity index (χ3v) is 7.40. The number of Topliss-reactive ketones (excluding diaryl/α,β-unsaturated/α-hetero) is 1. The van der Waals surface area contributed by atoms with Crippen LogP contribution in [0.5, 0.6) is 0 Å². The molecule has 1 aliphatic heterocycles. The van der Waals surface area contributed by atoms with Gasteiger partial charge in [-0.05, 0) is 56.8 Å². The molecular formula is C27H47N5O5. The van der Waals surface area contributed by atoms with Gasteiger partial charge in [-0.1, -0.05) is 53.9 Å². The first-order chi connectivity index (χ1) is 16.9. The van der Waals surface area contributed by atoms with Gasteiger partial charge >= 0.3 is 6.03 Å². The van der Waals surface area contributed by atoms with E-state index in [2.05, 4.69) is 16.0 Å². The van der Waals surface area contributed by atoms with Crippen molar-refractivity contribution in [1.29, 1.82) is 0 Å². The van der Waals surface area contributed by atoms with Crippen LogP contribution in [0.25, 0.3) is 0 Å². The minimum atomic E-state index is -1.08. The molecule has 0 spiro atoms. The molecule has 5 amide bonds. The van der Waals surface area contributed by atoms with Crippen LogP contribution in [0.2, 0.25) is 0 Å². The second-order valence-electron chi connectivity index (χ2n) is 13.1. The molecule has 1 saturated carbocycles. The average molecular weight is 522 g/mol. The Morgan fingerprint density at radius 1 is 0.946 bits per heavy atom. The SMILES string of the molecule is CC(C)[C@H]1CCN(C(=O)C(NC(=O)NC(C)(C)C)C(C)(C)C)[C@@H]1C(=O)NC(CC1CCC1)C(=O)C(N)=O. The van der Waals surface area contributed by atoms with E-state index in [-0.39, 0.29) is 23.7 Å². The molecule has 10 nitrogen and oxygen atoms in total. The van der Waals surface area contributed by atoms with E-state index < -0.39 is 52.7 Å². The monoisotopic (exact) mass is 521 g/mol. The van der Waals surface area contributed by atoms with Gasteiger partial charge in [0.2, 0.25) is 17.6 Å². The predicted octanol–water partition coefficient (Wildman–Crippen LogP) is 2.10. The fourth-order valence-electron chi connectivity index (χ4n) is 5.14. The van der Waals surface area contributed by atoms with Gasteiger partial charge in [0.05, 0.1) is 6.04 Å². The van der Waals surface area contributed by atoms with E-state index in [1.54, 1.807) is 0 Å². The van der Waals surface area contributed by atoms with Crippen LogP contribution in [0.1, 0.15) is 87.5 Å². The number of hydrogen-bond acceptors (Lipinski definition) is 5. The Balaban J connectivity index is 2.31. The summed E-state index contributed by atoms with van der Waals surface area (Å²) in [5, 5.41) is 8.42. The van der Waals surface area contributed by atoms with Crippen molar-refractivity contribution in [1.82, 2.24) is 20.9 Å². The number of ketones is 1. The van der Waals surface area contributed by atoms with Crippen molar-refractivity contribution in [2.45, 2.75) is 111 Å². The largest absolute Gasteiger partial charge is 0.363 e. The molecule has 0 bridgehead atoms. The normalized spacial score (nSPS) is 22.1. The third-order valence-electron chi connectivity index (χ3n) is 7.40. The summed E-state index contributed by atoms with van der Waals surface area (Å²) >= 11 is 0. The summed E-state index contributed by atoms with van der Waals surface area (Å²) in [5.41, 5.74) is 4.16. The van der Waals surface area contributed by atoms with E-state index >= 15 is 0 Å². The Hall–Kier alpha value is -2.65. The molecule has 5 N–H and O–H groups in total. The van der Waals surface area contributed by atoms with Crippen molar-refractivity contribution in [3.63, 3.8) is 0 Å². The number of nitrogens with zero attached hydrogens (tertiary/aromatic N) is 1. The van der Waals surface area contributed by atoms with Crippen molar-refractivity contribution in [2.75, 3.05) is 6.54 Å². The summed E-state index contributed by atoms with van der Waals surface area (Å²) < 4.78 is 0. The van der Waals surface area contributed by atoms with Gasteiger partial charge in [-0.15, -0.1) is 0 Å². The Morgan fingerprint density at radius 2 is 1.54 bits per heavy atom. The zero-order chi connectivity index (χ0) is 28.3. The van der Waals surface area contributed by atoms with Crippen LogP contribution in [-0.2, 0) is 19.2 Å². The summed E-state index contributed by atoms with van der Waals surface area (Å²) in [6.45, 7) is 15.5. The number of carbonyl (C=O) groups excluding carboxylic acids is 5. The zero-order valence-corrected chi connectivity index (χ0v) is 23.8. The van der Waals surface area contributed by atoms with E-state index in [1.807, 2.05) is 55.4 Å². The topological polar surface area (TPSA) is 151 Å². The van der Waals surface area contributed by atoms with Gasteiger partial charge < -0.3 is 26.6 Å². The second kappa shape index (κ2) is 11.8. The van der Waals surface area contributed by atoms with Gasteiger partial charge in [0.15, 0.2) is 0 Å². The third kappa shape index (κ3) is 8.17. The van der Waals surface area contributed by atoms with Crippen LogP contribution in [0.4, 0.5) is 4.79 Å². The maximum atomic E-state index is 13.9. The molecule has 4 atom stereocenters. The van der Waals surface area contributed by atoms with Crippen LogP contribution in [0.15, 0.2) is 0 Å². The van der Waals surface area contributed by atoms with Crippen molar-refractivity contribution in [3.8, 4) is 0 Å². The summed E-state index contributed by atoms with van der Waals surface area (Å²) in [6.07, 6.45) is 3.91. The van der Waals surface area contributed by atoms with Crippen LogP contribution in [0.3, 0.4) is 0 Å². The lowest BCUT2D eigenvalue weighted by Gasteiger charge is -2.37. The highest BCUT2D eigenvalue weighted by molar-refractivity contribution is 6.37. The van der Waals surface area contributed by atoms with E-state index in [4.69, 9.17) is 5.73 Å². The lowest BCUT2D eigenvalue weighted by molar-refractivity contribution is -0.144. The van der Waals surface area contributed by atoms with E-state index in [1.165, 1.54) is 4.90 Å². The van der Waals surface area contributed by atoms with Gasteiger partial charge in [-0.25, -0.2) is 4.79 Å². The van der Waals surface area contributed by atoms with Crippen LogP contribution in [-0.4, -0.2) is 64.6 Å². The Kier molecular flexibility index (Phi) is 9.76. The molecule has 1 saturated heterocycles. The maximum Gasteiger partial charge on any atom is 0.315 e. The number of amides is 5. The minimum absolute atomic E-state index is 0.0932.